The average Bonchev–Trinajstić information content (AvgIpc) is 2.41. The van der Waals surface area contributed by atoms with E-state index in [2.05, 4.69) is 5.32 Å². The SMILES string of the molecule is O=C(O)c1cccc(NC(=O)N2CCS(=O)CC2)c1O. The number of rotatable bonds is 2. The molecule has 1 aliphatic heterocycles. The molecule has 1 aromatic carbocycles. The topological polar surface area (TPSA) is 107 Å². The predicted molar refractivity (Wildman–Crippen MR) is 73.5 cm³/mol. The minimum atomic E-state index is -1.27. The van der Waals surface area contributed by atoms with E-state index >= 15 is 0 Å². The molecule has 0 aromatic heterocycles. The molecule has 0 radical (unpaired) electrons. The Hall–Kier alpha value is -2.09. The molecule has 20 heavy (non-hydrogen) atoms. The van der Waals surface area contributed by atoms with Crippen LogP contribution in [0.25, 0.3) is 0 Å². The molecule has 0 spiro atoms. The highest BCUT2D eigenvalue weighted by atomic mass is 32.2. The molecule has 1 saturated heterocycles. The summed E-state index contributed by atoms with van der Waals surface area (Å²) in [5.41, 5.74) is -0.232. The number of carboxylic acid groups (broad SMARTS) is 1. The normalized spacial score (nSPS) is 15.9. The Kier molecular flexibility index (Phi) is 4.23. The number of carboxylic acids is 1. The third-order valence-corrected chi connectivity index (χ3v) is 4.25. The Labute approximate surface area is 117 Å². The van der Waals surface area contributed by atoms with Crippen molar-refractivity contribution in [2.75, 3.05) is 29.9 Å². The highest BCUT2D eigenvalue weighted by Crippen LogP contribution is 2.27. The largest absolute Gasteiger partial charge is 0.505 e. The van der Waals surface area contributed by atoms with Crippen molar-refractivity contribution < 1.29 is 24.0 Å². The van der Waals surface area contributed by atoms with E-state index in [1.807, 2.05) is 0 Å². The van der Waals surface area contributed by atoms with Crippen molar-refractivity contribution in [1.82, 2.24) is 4.90 Å². The second kappa shape index (κ2) is 5.91. The van der Waals surface area contributed by atoms with Gasteiger partial charge in [0.05, 0.1) is 5.69 Å². The van der Waals surface area contributed by atoms with Crippen molar-refractivity contribution in [3.63, 3.8) is 0 Å². The first-order valence-corrected chi connectivity index (χ1v) is 7.44. The van der Waals surface area contributed by atoms with Gasteiger partial charge in [-0.15, -0.1) is 0 Å². The van der Waals surface area contributed by atoms with E-state index in [4.69, 9.17) is 5.11 Å². The molecule has 1 aliphatic rings. The molecule has 0 aliphatic carbocycles. The lowest BCUT2D eigenvalue weighted by Crippen LogP contribution is -2.44. The molecule has 3 N–H and O–H groups in total. The molecule has 0 saturated carbocycles. The van der Waals surface area contributed by atoms with Crippen molar-refractivity contribution in [2.45, 2.75) is 0 Å². The van der Waals surface area contributed by atoms with Crippen LogP contribution < -0.4 is 5.32 Å². The maximum atomic E-state index is 12.0. The Morgan fingerprint density at radius 3 is 2.50 bits per heavy atom. The maximum Gasteiger partial charge on any atom is 0.339 e. The summed E-state index contributed by atoms with van der Waals surface area (Å²) in [6, 6.07) is 3.66. The van der Waals surface area contributed by atoms with Crippen LogP contribution in [0.4, 0.5) is 10.5 Å². The summed E-state index contributed by atoms with van der Waals surface area (Å²) in [4.78, 5) is 24.3. The number of hydrogen-bond donors (Lipinski definition) is 3. The zero-order chi connectivity index (χ0) is 14.7. The molecule has 0 unspecified atom stereocenters. The fourth-order valence-electron chi connectivity index (χ4n) is 1.85. The van der Waals surface area contributed by atoms with Gasteiger partial charge in [0.2, 0.25) is 0 Å². The van der Waals surface area contributed by atoms with Crippen molar-refractivity contribution in [3.05, 3.63) is 23.8 Å². The number of para-hydroxylation sites is 1. The number of carbonyl (C=O) groups excluding carboxylic acids is 1. The lowest BCUT2D eigenvalue weighted by Gasteiger charge is -2.26. The minimum Gasteiger partial charge on any atom is -0.505 e. The summed E-state index contributed by atoms with van der Waals surface area (Å²) >= 11 is 0. The van der Waals surface area contributed by atoms with Gasteiger partial charge in [0.15, 0.2) is 5.75 Å². The van der Waals surface area contributed by atoms with Gasteiger partial charge >= 0.3 is 12.0 Å². The first-order chi connectivity index (χ1) is 9.49. The fraction of sp³-hybridized carbons (Fsp3) is 0.333. The van der Waals surface area contributed by atoms with Gasteiger partial charge in [-0.05, 0) is 12.1 Å². The number of nitrogens with one attached hydrogen (secondary N) is 1. The second-order valence-electron chi connectivity index (χ2n) is 4.27. The van der Waals surface area contributed by atoms with Crippen molar-refractivity contribution >= 4 is 28.5 Å². The number of urea groups is 1. The Balaban J connectivity index is 2.10. The predicted octanol–water partition coefficient (Wildman–Crippen LogP) is 0.687. The molecule has 0 atom stereocenters. The van der Waals surface area contributed by atoms with Gasteiger partial charge in [-0.2, -0.15) is 0 Å². The molecule has 108 valence electrons. The van der Waals surface area contributed by atoms with E-state index in [-0.39, 0.29) is 11.3 Å². The molecule has 2 amide bonds. The summed E-state index contributed by atoms with van der Waals surface area (Å²) in [5, 5.41) is 21.1. The highest BCUT2D eigenvalue weighted by Gasteiger charge is 2.21. The summed E-state index contributed by atoms with van der Waals surface area (Å²) in [5.74, 6) is -0.899. The first kappa shape index (κ1) is 14.3. The minimum absolute atomic E-state index is 0.0431. The lowest BCUT2D eigenvalue weighted by atomic mass is 10.1. The molecule has 0 bridgehead atoms. The van der Waals surface area contributed by atoms with Crippen LogP contribution in [0.5, 0.6) is 5.75 Å². The summed E-state index contributed by atoms with van der Waals surface area (Å²) in [6.07, 6.45) is 0. The summed E-state index contributed by atoms with van der Waals surface area (Å²) < 4.78 is 11.2. The number of aromatic hydroxyl groups is 1. The van der Waals surface area contributed by atoms with Crippen LogP contribution >= 0.6 is 0 Å². The van der Waals surface area contributed by atoms with Gasteiger partial charge in [-0.1, -0.05) is 6.07 Å². The molecular formula is C12H14N2O5S. The number of phenols is 1. The zero-order valence-corrected chi connectivity index (χ0v) is 11.4. The molecule has 8 heteroatoms. The molecule has 7 nitrogen and oxygen atoms in total. The van der Waals surface area contributed by atoms with Gasteiger partial charge in [0.1, 0.15) is 5.56 Å². The van der Waals surface area contributed by atoms with Crippen molar-refractivity contribution in [1.29, 1.82) is 0 Å². The Morgan fingerprint density at radius 1 is 1.25 bits per heavy atom. The quantitative estimate of drug-likeness (QED) is 0.696. The number of anilines is 1. The van der Waals surface area contributed by atoms with Crippen molar-refractivity contribution in [3.8, 4) is 5.75 Å². The smallest absolute Gasteiger partial charge is 0.339 e. The number of nitrogens with zero attached hydrogens (tertiary/aromatic N) is 1. The third-order valence-electron chi connectivity index (χ3n) is 2.97. The van der Waals surface area contributed by atoms with E-state index in [1.165, 1.54) is 23.1 Å². The van der Waals surface area contributed by atoms with E-state index in [1.54, 1.807) is 0 Å². The number of carbonyl (C=O) groups is 2. The number of aromatic carboxylic acids is 1. The van der Waals surface area contributed by atoms with Gasteiger partial charge in [-0.25, -0.2) is 9.59 Å². The number of amides is 2. The average molecular weight is 298 g/mol. The zero-order valence-electron chi connectivity index (χ0n) is 10.5. The summed E-state index contributed by atoms with van der Waals surface area (Å²) in [7, 11) is -0.887. The lowest BCUT2D eigenvalue weighted by molar-refractivity contribution is 0.0693. The van der Waals surface area contributed by atoms with Crippen LogP contribution in [0.1, 0.15) is 10.4 Å². The molecule has 1 heterocycles. The van der Waals surface area contributed by atoms with Crippen LogP contribution in [0, 0.1) is 0 Å². The Bertz CT molecular complexity index is 565. The van der Waals surface area contributed by atoms with Crippen LogP contribution in [0.15, 0.2) is 18.2 Å². The summed E-state index contributed by atoms with van der Waals surface area (Å²) in [6.45, 7) is 0.746. The van der Waals surface area contributed by atoms with Gasteiger partial charge in [0.25, 0.3) is 0 Å². The first-order valence-electron chi connectivity index (χ1n) is 5.95. The van der Waals surface area contributed by atoms with E-state index in [0.717, 1.165) is 0 Å². The van der Waals surface area contributed by atoms with Crippen LogP contribution in [0.3, 0.4) is 0 Å². The van der Waals surface area contributed by atoms with E-state index in [9.17, 15) is 18.9 Å². The van der Waals surface area contributed by atoms with Gasteiger partial charge in [0, 0.05) is 35.4 Å². The number of benzene rings is 1. The van der Waals surface area contributed by atoms with Crippen LogP contribution in [0.2, 0.25) is 0 Å². The van der Waals surface area contributed by atoms with Gasteiger partial charge < -0.3 is 20.4 Å². The third kappa shape index (κ3) is 3.08. The van der Waals surface area contributed by atoms with E-state index in [0.29, 0.717) is 24.6 Å². The van der Waals surface area contributed by atoms with Gasteiger partial charge in [-0.3, -0.25) is 4.21 Å². The molecule has 1 aromatic rings. The van der Waals surface area contributed by atoms with Crippen LogP contribution in [-0.2, 0) is 10.8 Å². The second-order valence-corrected chi connectivity index (χ2v) is 5.97. The highest BCUT2D eigenvalue weighted by molar-refractivity contribution is 7.85. The molecule has 1 fully saturated rings. The van der Waals surface area contributed by atoms with Crippen molar-refractivity contribution in [2.24, 2.45) is 0 Å². The standard InChI is InChI=1S/C12H14N2O5S/c15-10-8(11(16)17)2-1-3-9(10)13-12(18)14-4-6-20(19)7-5-14/h1-3,15H,4-7H2,(H,13,18)(H,16,17). The molecule has 2 rings (SSSR count). The number of hydrogen-bond acceptors (Lipinski definition) is 4. The monoisotopic (exact) mass is 298 g/mol. The fourth-order valence-corrected chi connectivity index (χ4v) is 2.90. The Morgan fingerprint density at radius 2 is 1.90 bits per heavy atom. The maximum absolute atomic E-state index is 12.0. The van der Waals surface area contributed by atoms with E-state index < -0.39 is 28.5 Å². The van der Waals surface area contributed by atoms with Crippen LogP contribution in [-0.4, -0.2) is 55.9 Å². The molecular weight excluding hydrogens is 284 g/mol.